The Morgan fingerprint density at radius 2 is 1.69 bits per heavy atom. The Morgan fingerprint density at radius 1 is 1.04 bits per heavy atom. The molecule has 0 bridgehead atoms. The predicted octanol–water partition coefficient (Wildman–Crippen LogP) is 2.58. The van der Waals surface area contributed by atoms with Gasteiger partial charge in [-0.25, -0.2) is 0 Å². The third kappa shape index (κ3) is 3.06. The number of fused-ring (bicyclic) bond motifs is 1. The largest absolute Gasteiger partial charge is 0.497 e. The van der Waals surface area contributed by atoms with Gasteiger partial charge in [0.2, 0.25) is 0 Å². The van der Waals surface area contributed by atoms with E-state index in [1.165, 1.54) is 13.1 Å². The Hall–Kier alpha value is -3.15. The van der Waals surface area contributed by atoms with E-state index in [2.05, 4.69) is 0 Å². The fourth-order valence-electron chi connectivity index (χ4n) is 2.96. The molecule has 1 aliphatic rings. The minimum absolute atomic E-state index is 0.180. The van der Waals surface area contributed by atoms with Crippen LogP contribution < -0.4 is 4.74 Å². The van der Waals surface area contributed by atoms with Crippen LogP contribution in [0.4, 0.5) is 0 Å². The molecule has 0 radical (unpaired) electrons. The number of carbonyl (C=O) groups excluding carboxylic acids is 3. The fraction of sp³-hybridized carbons (Fsp3) is 0.250. The van der Waals surface area contributed by atoms with Crippen molar-refractivity contribution in [2.75, 3.05) is 20.7 Å². The lowest BCUT2D eigenvalue weighted by Crippen LogP contribution is -2.30. The van der Waals surface area contributed by atoms with Crippen LogP contribution >= 0.6 is 0 Å². The van der Waals surface area contributed by atoms with E-state index in [1.54, 1.807) is 24.1 Å². The first-order valence-corrected chi connectivity index (χ1v) is 8.35. The summed E-state index contributed by atoms with van der Waals surface area (Å²) in [6.45, 7) is 2.87. The molecule has 1 aliphatic heterocycles. The van der Waals surface area contributed by atoms with Gasteiger partial charge in [0.15, 0.2) is 0 Å². The van der Waals surface area contributed by atoms with Gasteiger partial charge in [-0.1, -0.05) is 12.1 Å². The Morgan fingerprint density at radius 3 is 2.31 bits per heavy atom. The summed E-state index contributed by atoms with van der Waals surface area (Å²) >= 11 is 0. The van der Waals surface area contributed by atoms with Crippen molar-refractivity contribution in [2.45, 2.75) is 13.5 Å². The first-order chi connectivity index (χ1) is 12.5. The van der Waals surface area contributed by atoms with Gasteiger partial charge in [-0.05, 0) is 42.8 Å². The zero-order valence-electron chi connectivity index (χ0n) is 15.0. The molecule has 0 unspecified atom stereocenters. The number of methoxy groups -OCH3 is 1. The highest BCUT2D eigenvalue weighted by atomic mass is 16.5. The van der Waals surface area contributed by atoms with Crippen molar-refractivity contribution in [3.05, 3.63) is 64.7 Å². The lowest BCUT2D eigenvalue weighted by atomic mass is 10.0. The second kappa shape index (κ2) is 7.00. The maximum absolute atomic E-state index is 12.9. The van der Waals surface area contributed by atoms with Crippen LogP contribution in [-0.2, 0) is 6.54 Å². The summed E-state index contributed by atoms with van der Waals surface area (Å²) in [5, 5.41) is 0. The van der Waals surface area contributed by atoms with E-state index in [0.717, 1.165) is 16.2 Å². The third-order valence-corrected chi connectivity index (χ3v) is 4.54. The molecule has 134 valence electrons. The van der Waals surface area contributed by atoms with Gasteiger partial charge < -0.3 is 9.64 Å². The van der Waals surface area contributed by atoms with Crippen molar-refractivity contribution in [1.29, 1.82) is 0 Å². The topological polar surface area (TPSA) is 66.9 Å². The SMILES string of the molecule is CCN(Cc1ccc(OC)cc1)C(=O)c1ccc2c(c1)C(=O)N(C)C2=O. The van der Waals surface area contributed by atoms with Gasteiger partial charge in [0.1, 0.15) is 5.75 Å². The molecule has 1 heterocycles. The summed E-state index contributed by atoms with van der Waals surface area (Å²) in [6, 6.07) is 12.2. The second-order valence-corrected chi connectivity index (χ2v) is 6.10. The van der Waals surface area contributed by atoms with Crippen molar-refractivity contribution in [2.24, 2.45) is 0 Å². The van der Waals surface area contributed by atoms with Crippen LogP contribution in [0.5, 0.6) is 5.75 Å². The predicted molar refractivity (Wildman–Crippen MR) is 96.3 cm³/mol. The highest BCUT2D eigenvalue weighted by Crippen LogP contribution is 2.23. The Bertz CT molecular complexity index is 874. The van der Waals surface area contributed by atoms with Gasteiger partial charge in [0, 0.05) is 25.7 Å². The third-order valence-electron chi connectivity index (χ3n) is 4.54. The van der Waals surface area contributed by atoms with E-state index < -0.39 is 0 Å². The number of benzene rings is 2. The molecular weight excluding hydrogens is 332 g/mol. The van der Waals surface area contributed by atoms with Gasteiger partial charge in [-0.15, -0.1) is 0 Å². The lowest BCUT2D eigenvalue weighted by molar-refractivity contribution is 0.0692. The summed E-state index contributed by atoms with van der Waals surface area (Å²) in [7, 11) is 3.04. The molecule has 3 rings (SSSR count). The summed E-state index contributed by atoms with van der Waals surface area (Å²) in [4.78, 5) is 39.7. The van der Waals surface area contributed by atoms with Crippen LogP contribution in [0.25, 0.3) is 0 Å². The molecule has 6 heteroatoms. The van der Waals surface area contributed by atoms with Gasteiger partial charge in [0.05, 0.1) is 18.2 Å². The Balaban J connectivity index is 1.83. The Labute approximate surface area is 152 Å². The van der Waals surface area contributed by atoms with Crippen molar-refractivity contribution in [1.82, 2.24) is 9.80 Å². The highest BCUT2D eigenvalue weighted by Gasteiger charge is 2.33. The monoisotopic (exact) mass is 352 g/mol. The van der Waals surface area contributed by atoms with Gasteiger partial charge in [-0.2, -0.15) is 0 Å². The van der Waals surface area contributed by atoms with E-state index in [9.17, 15) is 14.4 Å². The molecule has 3 amide bonds. The van der Waals surface area contributed by atoms with Gasteiger partial charge in [-0.3, -0.25) is 19.3 Å². The smallest absolute Gasteiger partial charge is 0.261 e. The highest BCUT2D eigenvalue weighted by molar-refractivity contribution is 6.21. The minimum Gasteiger partial charge on any atom is -0.497 e. The molecule has 0 saturated heterocycles. The zero-order valence-corrected chi connectivity index (χ0v) is 15.0. The molecule has 0 aromatic heterocycles. The number of nitrogens with zero attached hydrogens (tertiary/aromatic N) is 2. The normalized spacial score (nSPS) is 13.0. The average Bonchev–Trinajstić information content (AvgIpc) is 2.90. The Kier molecular flexibility index (Phi) is 4.75. The molecular formula is C20H20N2O4. The molecule has 0 spiro atoms. The quantitative estimate of drug-likeness (QED) is 0.776. The van der Waals surface area contributed by atoms with Crippen molar-refractivity contribution >= 4 is 17.7 Å². The molecule has 0 fully saturated rings. The molecule has 2 aromatic rings. The number of carbonyl (C=O) groups is 3. The number of rotatable bonds is 5. The van der Waals surface area contributed by atoms with Crippen molar-refractivity contribution in [3.63, 3.8) is 0 Å². The molecule has 6 nitrogen and oxygen atoms in total. The molecule has 2 aromatic carbocycles. The van der Waals surface area contributed by atoms with E-state index in [0.29, 0.717) is 24.2 Å². The summed E-state index contributed by atoms with van der Waals surface area (Å²) in [6.07, 6.45) is 0. The summed E-state index contributed by atoms with van der Waals surface area (Å²) < 4.78 is 5.14. The summed E-state index contributed by atoms with van der Waals surface area (Å²) in [5.41, 5.74) is 2.00. The first kappa shape index (κ1) is 17.7. The standard InChI is InChI=1S/C20H20N2O4/c1-4-22(12-13-5-8-15(26-3)9-6-13)18(23)14-7-10-16-17(11-14)20(25)21(2)19(16)24/h5-11H,4,12H2,1-3H3. The number of hydrogen-bond acceptors (Lipinski definition) is 4. The van der Waals surface area contributed by atoms with Crippen LogP contribution in [-0.4, -0.2) is 48.2 Å². The molecule has 0 aliphatic carbocycles. The zero-order chi connectivity index (χ0) is 18.8. The molecule has 0 N–H and O–H groups in total. The van der Waals surface area contributed by atoms with Crippen LogP contribution in [0.3, 0.4) is 0 Å². The first-order valence-electron chi connectivity index (χ1n) is 8.35. The van der Waals surface area contributed by atoms with Crippen molar-refractivity contribution in [3.8, 4) is 5.75 Å². The number of amides is 3. The van der Waals surface area contributed by atoms with E-state index in [-0.39, 0.29) is 23.3 Å². The van der Waals surface area contributed by atoms with Crippen LogP contribution in [0.2, 0.25) is 0 Å². The lowest BCUT2D eigenvalue weighted by Gasteiger charge is -2.21. The van der Waals surface area contributed by atoms with Crippen molar-refractivity contribution < 1.29 is 19.1 Å². The van der Waals surface area contributed by atoms with Gasteiger partial charge >= 0.3 is 0 Å². The maximum atomic E-state index is 12.9. The molecule has 26 heavy (non-hydrogen) atoms. The number of hydrogen-bond donors (Lipinski definition) is 0. The number of ether oxygens (including phenoxy) is 1. The average molecular weight is 352 g/mol. The van der Waals surface area contributed by atoms with Crippen LogP contribution in [0.15, 0.2) is 42.5 Å². The molecule has 0 atom stereocenters. The van der Waals surface area contributed by atoms with E-state index in [1.807, 2.05) is 31.2 Å². The van der Waals surface area contributed by atoms with Crippen LogP contribution in [0, 0.1) is 0 Å². The van der Waals surface area contributed by atoms with E-state index in [4.69, 9.17) is 4.74 Å². The number of imide groups is 1. The summed E-state index contributed by atoms with van der Waals surface area (Å²) in [5.74, 6) is -0.137. The maximum Gasteiger partial charge on any atom is 0.261 e. The fourth-order valence-corrected chi connectivity index (χ4v) is 2.96. The molecule has 0 saturated carbocycles. The van der Waals surface area contributed by atoms with Crippen LogP contribution in [0.1, 0.15) is 43.6 Å². The minimum atomic E-state index is -0.377. The second-order valence-electron chi connectivity index (χ2n) is 6.10. The van der Waals surface area contributed by atoms with E-state index >= 15 is 0 Å². The van der Waals surface area contributed by atoms with Gasteiger partial charge in [0.25, 0.3) is 17.7 Å².